The van der Waals surface area contributed by atoms with Crippen LogP contribution in [0.4, 0.5) is 0 Å². The molecule has 15 heavy (non-hydrogen) atoms. The van der Waals surface area contributed by atoms with E-state index < -0.39 is 12.1 Å². The molecular weight excluding hydrogens is 216 g/mol. The fraction of sp³-hybridized carbons (Fsp3) is 0.364. The van der Waals surface area contributed by atoms with Gasteiger partial charge < -0.3 is 9.84 Å². The van der Waals surface area contributed by atoms with Crippen molar-refractivity contribution in [3.05, 3.63) is 33.8 Å². The van der Waals surface area contributed by atoms with Crippen molar-refractivity contribution in [2.45, 2.75) is 20.0 Å². The third kappa shape index (κ3) is 2.30. The third-order valence-corrected chi connectivity index (χ3v) is 2.77. The topological polar surface area (TPSA) is 46.5 Å². The van der Waals surface area contributed by atoms with Gasteiger partial charge in [0.25, 0.3) is 0 Å². The van der Waals surface area contributed by atoms with Crippen molar-refractivity contribution < 1.29 is 14.6 Å². The monoisotopic (exact) mass is 228 g/mol. The van der Waals surface area contributed by atoms with Gasteiger partial charge in [-0.05, 0) is 36.6 Å². The first kappa shape index (κ1) is 12.0. The number of benzene rings is 1. The zero-order chi connectivity index (χ0) is 11.6. The molecule has 0 aliphatic carbocycles. The molecule has 0 aromatic heterocycles. The second-order valence-corrected chi connectivity index (χ2v) is 3.74. The van der Waals surface area contributed by atoms with Crippen molar-refractivity contribution in [3.63, 3.8) is 0 Å². The highest BCUT2D eigenvalue weighted by Crippen LogP contribution is 2.28. The highest BCUT2D eigenvalue weighted by molar-refractivity contribution is 6.31. The van der Waals surface area contributed by atoms with Crippen LogP contribution in [-0.4, -0.2) is 18.2 Å². The molecule has 3 nitrogen and oxygen atoms in total. The molecule has 1 rings (SSSR count). The lowest BCUT2D eigenvalue weighted by Crippen LogP contribution is -2.16. The molecule has 1 aromatic carbocycles. The summed E-state index contributed by atoms with van der Waals surface area (Å²) in [6.07, 6.45) is -1.27. The Morgan fingerprint density at radius 2 is 2.07 bits per heavy atom. The summed E-state index contributed by atoms with van der Waals surface area (Å²) in [5.74, 6) is -0.677. The lowest BCUT2D eigenvalue weighted by molar-refractivity contribution is -0.150. The smallest absolute Gasteiger partial charge is 0.339 e. The molecule has 0 aliphatic heterocycles. The van der Waals surface area contributed by atoms with Crippen LogP contribution in [0.3, 0.4) is 0 Å². The van der Waals surface area contributed by atoms with Gasteiger partial charge in [-0.3, -0.25) is 0 Å². The Bertz CT molecular complexity index is 388. The summed E-state index contributed by atoms with van der Waals surface area (Å²) in [5, 5.41) is 10.3. The number of halogens is 1. The van der Waals surface area contributed by atoms with Crippen LogP contribution in [0.5, 0.6) is 0 Å². The van der Waals surface area contributed by atoms with E-state index in [2.05, 4.69) is 4.74 Å². The van der Waals surface area contributed by atoms with Gasteiger partial charge in [-0.15, -0.1) is 0 Å². The van der Waals surface area contributed by atoms with Crippen LogP contribution >= 0.6 is 11.6 Å². The molecule has 0 radical (unpaired) electrons. The van der Waals surface area contributed by atoms with Gasteiger partial charge in [0, 0.05) is 5.02 Å². The standard InChI is InChI=1S/C11H13ClO3/c1-6-4-5-8(12)7(2)9(6)10(13)11(14)15-3/h4-5,10,13H,1-3H3. The van der Waals surface area contributed by atoms with Crippen LogP contribution in [0.15, 0.2) is 12.1 Å². The van der Waals surface area contributed by atoms with E-state index in [1.165, 1.54) is 7.11 Å². The van der Waals surface area contributed by atoms with Crippen molar-refractivity contribution in [1.29, 1.82) is 0 Å². The van der Waals surface area contributed by atoms with E-state index in [-0.39, 0.29) is 0 Å². The summed E-state index contributed by atoms with van der Waals surface area (Å²) in [5.41, 5.74) is 2.04. The van der Waals surface area contributed by atoms with E-state index in [4.69, 9.17) is 11.6 Å². The molecule has 0 amide bonds. The quantitative estimate of drug-likeness (QED) is 0.790. The Kier molecular flexibility index (Phi) is 3.72. The summed E-state index contributed by atoms with van der Waals surface area (Å²) < 4.78 is 4.48. The SMILES string of the molecule is COC(=O)C(O)c1c(C)ccc(Cl)c1C. The maximum absolute atomic E-state index is 11.2. The van der Waals surface area contributed by atoms with E-state index in [0.717, 1.165) is 5.56 Å². The predicted molar refractivity (Wildman–Crippen MR) is 57.9 cm³/mol. The Morgan fingerprint density at radius 3 is 2.60 bits per heavy atom. The molecule has 1 aromatic rings. The fourth-order valence-corrected chi connectivity index (χ4v) is 1.65. The Balaban J connectivity index is 3.24. The first-order valence-corrected chi connectivity index (χ1v) is 4.88. The molecule has 82 valence electrons. The summed E-state index contributed by atoms with van der Waals surface area (Å²) in [4.78, 5) is 11.2. The van der Waals surface area contributed by atoms with E-state index in [0.29, 0.717) is 16.1 Å². The number of ether oxygens (including phenoxy) is 1. The van der Waals surface area contributed by atoms with Gasteiger partial charge >= 0.3 is 5.97 Å². The molecule has 0 saturated heterocycles. The van der Waals surface area contributed by atoms with E-state index in [1.807, 2.05) is 6.92 Å². The first-order chi connectivity index (χ1) is 6.99. The number of rotatable bonds is 2. The number of aliphatic hydroxyl groups excluding tert-OH is 1. The van der Waals surface area contributed by atoms with Gasteiger partial charge in [0.2, 0.25) is 0 Å². The van der Waals surface area contributed by atoms with Crippen molar-refractivity contribution >= 4 is 17.6 Å². The van der Waals surface area contributed by atoms with Crippen LogP contribution in [0, 0.1) is 13.8 Å². The minimum absolute atomic E-state index is 0.523. The second-order valence-electron chi connectivity index (χ2n) is 3.33. The number of hydrogen-bond donors (Lipinski definition) is 1. The molecule has 0 heterocycles. The summed E-state index contributed by atoms with van der Waals surface area (Å²) in [6.45, 7) is 3.57. The molecule has 0 aliphatic rings. The zero-order valence-electron chi connectivity index (χ0n) is 8.87. The average molecular weight is 229 g/mol. The highest BCUT2D eigenvalue weighted by atomic mass is 35.5. The first-order valence-electron chi connectivity index (χ1n) is 4.50. The fourth-order valence-electron chi connectivity index (χ4n) is 1.49. The van der Waals surface area contributed by atoms with Gasteiger partial charge in [0.15, 0.2) is 6.10 Å². The number of aryl methyl sites for hydroxylation is 1. The molecule has 0 fully saturated rings. The van der Waals surface area contributed by atoms with Crippen LogP contribution < -0.4 is 0 Å². The molecule has 1 N–H and O–H groups in total. The molecule has 0 bridgehead atoms. The molecule has 1 atom stereocenters. The van der Waals surface area contributed by atoms with Crippen LogP contribution in [0.1, 0.15) is 22.8 Å². The Morgan fingerprint density at radius 1 is 1.47 bits per heavy atom. The summed E-state index contributed by atoms with van der Waals surface area (Å²) in [7, 11) is 1.24. The lowest BCUT2D eigenvalue weighted by atomic mass is 9.98. The molecule has 0 saturated carbocycles. The maximum atomic E-state index is 11.2. The van der Waals surface area contributed by atoms with Gasteiger partial charge in [0.05, 0.1) is 7.11 Å². The minimum atomic E-state index is -1.27. The van der Waals surface area contributed by atoms with Gasteiger partial charge in [-0.2, -0.15) is 0 Å². The van der Waals surface area contributed by atoms with Crippen LogP contribution in [-0.2, 0) is 9.53 Å². The average Bonchev–Trinajstić information content (AvgIpc) is 2.22. The van der Waals surface area contributed by atoms with Crippen molar-refractivity contribution in [2.24, 2.45) is 0 Å². The summed E-state index contributed by atoms with van der Waals surface area (Å²) >= 11 is 5.91. The molecule has 1 unspecified atom stereocenters. The third-order valence-electron chi connectivity index (χ3n) is 2.36. The number of hydrogen-bond acceptors (Lipinski definition) is 3. The van der Waals surface area contributed by atoms with Crippen molar-refractivity contribution in [1.82, 2.24) is 0 Å². The van der Waals surface area contributed by atoms with Crippen molar-refractivity contribution in [2.75, 3.05) is 7.11 Å². The lowest BCUT2D eigenvalue weighted by Gasteiger charge is -2.15. The minimum Gasteiger partial charge on any atom is -0.467 e. The Labute approximate surface area is 93.6 Å². The van der Waals surface area contributed by atoms with Crippen LogP contribution in [0.2, 0.25) is 5.02 Å². The molecule has 0 spiro atoms. The number of esters is 1. The van der Waals surface area contributed by atoms with E-state index in [1.54, 1.807) is 19.1 Å². The number of carbonyl (C=O) groups excluding carboxylic acids is 1. The zero-order valence-corrected chi connectivity index (χ0v) is 9.63. The molecule has 4 heteroatoms. The number of methoxy groups -OCH3 is 1. The number of aliphatic hydroxyl groups is 1. The van der Waals surface area contributed by atoms with Gasteiger partial charge in [-0.25, -0.2) is 4.79 Å². The predicted octanol–water partition coefficient (Wildman–Crippen LogP) is 2.16. The van der Waals surface area contributed by atoms with Crippen LogP contribution in [0.25, 0.3) is 0 Å². The van der Waals surface area contributed by atoms with Crippen molar-refractivity contribution in [3.8, 4) is 0 Å². The highest BCUT2D eigenvalue weighted by Gasteiger charge is 2.22. The largest absolute Gasteiger partial charge is 0.467 e. The van der Waals surface area contributed by atoms with Gasteiger partial charge in [-0.1, -0.05) is 17.7 Å². The second kappa shape index (κ2) is 4.64. The summed E-state index contributed by atoms with van der Waals surface area (Å²) in [6, 6.07) is 3.50. The number of carbonyl (C=O) groups is 1. The maximum Gasteiger partial charge on any atom is 0.339 e. The van der Waals surface area contributed by atoms with Gasteiger partial charge in [0.1, 0.15) is 0 Å². The van der Waals surface area contributed by atoms with E-state index in [9.17, 15) is 9.90 Å². The normalized spacial score (nSPS) is 12.3. The Hall–Kier alpha value is -1.06. The van der Waals surface area contributed by atoms with E-state index >= 15 is 0 Å². The molecular formula is C11H13ClO3.